The zero-order valence-electron chi connectivity index (χ0n) is 13.7. The van der Waals surface area contributed by atoms with Gasteiger partial charge < -0.3 is 9.88 Å². The summed E-state index contributed by atoms with van der Waals surface area (Å²) in [7, 11) is -3.42. The van der Waals surface area contributed by atoms with E-state index in [-0.39, 0.29) is 12.5 Å². The molecular weight excluding hydrogens is 362 g/mol. The molecule has 2 aliphatic rings. The van der Waals surface area contributed by atoms with E-state index in [1.54, 1.807) is 17.1 Å². The number of H-pyrrole nitrogens is 1. The van der Waals surface area contributed by atoms with Gasteiger partial charge in [-0.05, 0) is 30.2 Å². The standard InChI is InChI=1S/C17H18ClN3O3S/c1-25(23,24)21-7-2-3-16(21)17(22)20-8-6-12-13-9-11(18)4-5-14(13)19-15(12)10-20/h2-5,9,16,19H,6-8,10H2,1H3. The molecule has 0 saturated heterocycles. The Hall–Kier alpha value is -1.83. The van der Waals surface area contributed by atoms with Crippen LogP contribution < -0.4 is 0 Å². The Morgan fingerprint density at radius 3 is 2.92 bits per heavy atom. The van der Waals surface area contributed by atoms with Crippen molar-refractivity contribution in [2.24, 2.45) is 0 Å². The van der Waals surface area contributed by atoms with Crippen LogP contribution in [-0.4, -0.2) is 53.9 Å². The number of carbonyl (C=O) groups excluding carboxylic acids is 1. The number of nitrogens with zero attached hydrogens (tertiary/aromatic N) is 2. The van der Waals surface area contributed by atoms with E-state index in [9.17, 15) is 13.2 Å². The fourth-order valence-corrected chi connectivity index (χ4v) is 4.74. The minimum Gasteiger partial charge on any atom is -0.357 e. The number of amides is 1. The molecule has 1 amide bonds. The molecule has 1 aromatic heterocycles. The van der Waals surface area contributed by atoms with Crippen LogP contribution in [-0.2, 0) is 27.8 Å². The van der Waals surface area contributed by atoms with E-state index in [1.165, 1.54) is 9.87 Å². The van der Waals surface area contributed by atoms with Gasteiger partial charge in [-0.3, -0.25) is 4.79 Å². The quantitative estimate of drug-likeness (QED) is 0.810. The lowest BCUT2D eigenvalue weighted by Crippen LogP contribution is -2.48. The summed E-state index contributed by atoms with van der Waals surface area (Å²) in [5.74, 6) is -0.179. The van der Waals surface area contributed by atoms with Gasteiger partial charge in [0.1, 0.15) is 6.04 Å². The highest BCUT2D eigenvalue weighted by Gasteiger charge is 2.36. The molecule has 4 rings (SSSR count). The second-order valence-corrected chi connectivity index (χ2v) is 8.86. The van der Waals surface area contributed by atoms with Gasteiger partial charge >= 0.3 is 0 Å². The van der Waals surface area contributed by atoms with Gasteiger partial charge in [-0.2, -0.15) is 4.31 Å². The lowest BCUT2D eigenvalue weighted by molar-refractivity contribution is -0.134. The highest BCUT2D eigenvalue weighted by Crippen LogP contribution is 2.30. The van der Waals surface area contributed by atoms with Crippen molar-refractivity contribution in [3.8, 4) is 0 Å². The highest BCUT2D eigenvalue weighted by atomic mass is 35.5. The van der Waals surface area contributed by atoms with Crippen LogP contribution in [0, 0.1) is 0 Å². The molecule has 1 aromatic carbocycles. The number of nitrogens with one attached hydrogen (secondary N) is 1. The minimum atomic E-state index is -3.42. The van der Waals surface area contributed by atoms with Gasteiger partial charge in [0.05, 0.1) is 12.8 Å². The predicted molar refractivity (Wildman–Crippen MR) is 96.9 cm³/mol. The summed E-state index contributed by atoms with van der Waals surface area (Å²) in [6.45, 7) is 1.26. The van der Waals surface area contributed by atoms with Crippen LogP contribution in [0.25, 0.3) is 10.9 Å². The SMILES string of the molecule is CS(=O)(=O)N1CC=CC1C(=O)N1CCc2c([nH]c3ccc(Cl)cc23)C1. The number of hydrogen-bond acceptors (Lipinski definition) is 3. The zero-order valence-corrected chi connectivity index (χ0v) is 15.3. The second kappa shape index (κ2) is 5.86. The minimum absolute atomic E-state index is 0.179. The van der Waals surface area contributed by atoms with E-state index in [2.05, 4.69) is 4.98 Å². The van der Waals surface area contributed by atoms with Crippen molar-refractivity contribution in [3.05, 3.63) is 46.6 Å². The molecule has 0 fully saturated rings. The van der Waals surface area contributed by atoms with Gasteiger partial charge in [0.15, 0.2) is 0 Å². The van der Waals surface area contributed by atoms with E-state index in [0.717, 1.165) is 29.3 Å². The van der Waals surface area contributed by atoms with Crippen LogP contribution >= 0.6 is 11.6 Å². The summed E-state index contributed by atoms with van der Waals surface area (Å²) in [6, 6.07) is 4.97. The maximum absolute atomic E-state index is 12.9. The first-order valence-electron chi connectivity index (χ1n) is 8.06. The first-order valence-corrected chi connectivity index (χ1v) is 10.3. The molecule has 0 aliphatic carbocycles. The van der Waals surface area contributed by atoms with E-state index >= 15 is 0 Å². The van der Waals surface area contributed by atoms with Gasteiger partial charge in [0.2, 0.25) is 15.9 Å². The van der Waals surface area contributed by atoms with Crippen LogP contribution in [0.4, 0.5) is 0 Å². The molecule has 8 heteroatoms. The second-order valence-electron chi connectivity index (χ2n) is 6.49. The van der Waals surface area contributed by atoms with Crippen LogP contribution in [0.3, 0.4) is 0 Å². The van der Waals surface area contributed by atoms with Crippen LogP contribution in [0.15, 0.2) is 30.4 Å². The van der Waals surface area contributed by atoms with Gasteiger partial charge in [-0.25, -0.2) is 8.42 Å². The molecule has 132 valence electrons. The van der Waals surface area contributed by atoms with Crippen molar-refractivity contribution in [1.82, 2.24) is 14.2 Å². The molecule has 2 aliphatic heterocycles. The topological polar surface area (TPSA) is 73.5 Å². The summed E-state index contributed by atoms with van der Waals surface area (Å²) in [6.07, 6.45) is 5.25. The smallest absolute Gasteiger partial charge is 0.245 e. The first-order chi connectivity index (χ1) is 11.8. The summed E-state index contributed by atoms with van der Waals surface area (Å²) in [5, 5.41) is 1.78. The number of benzene rings is 1. The van der Waals surface area contributed by atoms with E-state index < -0.39 is 16.1 Å². The Labute approximate surface area is 151 Å². The normalized spacial score (nSPS) is 21.0. The van der Waals surface area contributed by atoms with Crippen LogP contribution in [0.2, 0.25) is 5.02 Å². The summed E-state index contributed by atoms with van der Waals surface area (Å²) >= 11 is 6.09. The van der Waals surface area contributed by atoms with E-state index in [4.69, 9.17) is 11.6 Å². The molecule has 3 heterocycles. The monoisotopic (exact) mass is 379 g/mol. The summed E-state index contributed by atoms with van der Waals surface area (Å²) < 4.78 is 25.0. The molecule has 1 unspecified atom stereocenters. The number of aromatic nitrogens is 1. The fraction of sp³-hybridized carbons (Fsp3) is 0.353. The van der Waals surface area contributed by atoms with Crippen molar-refractivity contribution in [1.29, 1.82) is 0 Å². The van der Waals surface area contributed by atoms with Gasteiger partial charge in [-0.1, -0.05) is 23.8 Å². The Bertz CT molecular complexity index is 996. The highest BCUT2D eigenvalue weighted by molar-refractivity contribution is 7.88. The summed E-state index contributed by atoms with van der Waals surface area (Å²) in [4.78, 5) is 17.9. The Kier molecular flexibility index (Phi) is 3.90. The van der Waals surface area contributed by atoms with Gasteiger partial charge in [-0.15, -0.1) is 0 Å². The van der Waals surface area contributed by atoms with Crippen molar-refractivity contribution in [2.45, 2.75) is 19.0 Å². The molecule has 1 atom stereocenters. The summed E-state index contributed by atoms with van der Waals surface area (Å²) in [5.41, 5.74) is 3.18. The Morgan fingerprint density at radius 2 is 2.16 bits per heavy atom. The third-order valence-electron chi connectivity index (χ3n) is 4.84. The average Bonchev–Trinajstić information content (AvgIpc) is 3.17. The van der Waals surface area contributed by atoms with Crippen molar-refractivity contribution in [3.63, 3.8) is 0 Å². The number of halogens is 1. The molecule has 6 nitrogen and oxygen atoms in total. The van der Waals surface area contributed by atoms with Gasteiger partial charge in [0.25, 0.3) is 0 Å². The largest absolute Gasteiger partial charge is 0.357 e. The molecule has 2 aromatic rings. The molecular formula is C17H18ClN3O3S. The zero-order chi connectivity index (χ0) is 17.8. The molecule has 0 radical (unpaired) electrons. The first kappa shape index (κ1) is 16.6. The lowest BCUT2D eigenvalue weighted by Gasteiger charge is -2.31. The number of fused-ring (bicyclic) bond motifs is 3. The predicted octanol–water partition coefficient (Wildman–Crippen LogP) is 1.91. The van der Waals surface area contributed by atoms with Crippen molar-refractivity contribution in [2.75, 3.05) is 19.3 Å². The Balaban J connectivity index is 1.61. The number of sulfonamides is 1. The number of aromatic amines is 1. The van der Waals surface area contributed by atoms with Crippen LogP contribution in [0.5, 0.6) is 0 Å². The lowest BCUT2D eigenvalue weighted by atomic mass is 10.0. The Morgan fingerprint density at radius 1 is 1.36 bits per heavy atom. The average molecular weight is 380 g/mol. The third-order valence-corrected chi connectivity index (χ3v) is 6.31. The van der Waals surface area contributed by atoms with Gasteiger partial charge in [0, 0.05) is 34.7 Å². The maximum atomic E-state index is 12.9. The third kappa shape index (κ3) is 2.86. The van der Waals surface area contributed by atoms with Crippen LogP contribution in [0.1, 0.15) is 11.3 Å². The molecule has 0 bridgehead atoms. The fourth-order valence-electron chi connectivity index (χ4n) is 3.64. The molecule has 0 saturated carbocycles. The molecule has 0 spiro atoms. The number of carbonyl (C=O) groups is 1. The van der Waals surface area contributed by atoms with Crippen molar-refractivity contribution >= 4 is 38.4 Å². The van der Waals surface area contributed by atoms with Crippen molar-refractivity contribution < 1.29 is 13.2 Å². The number of hydrogen-bond donors (Lipinski definition) is 1. The molecule has 25 heavy (non-hydrogen) atoms. The van der Waals surface area contributed by atoms with E-state index in [0.29, 0.717) is 18.1 Å². The number of rotatable bonds is 2. The maximum Gasteiger partial charge on any atom is 0.245 e. The van der Waals surface area contributed by atoms with E-state index in [1.807, 2.05) is 18.2 Å². The molecule has 1 N–H and O–H groups in total.